The Morgan fingerprint density at radius 1 is 0.677 bits per heavy atom. The lowest BCUT2D eigenvalue weighted by Gasteiger charge is -2.07. The van der Waals surface area contributed by atoms with Crippen molar-refractivity contribution in [3.8, 4) is 11.5 Å². The molecule has 0 aromatic heterocycles. The minimum Gasteiger partial charge on any atom is -0.494 e. The van der Waals surface area contributed by atoms with Gasteiger partial charge >= 0.3 is 5.97 Å². The van der Waals surface area contributed by atoms with Crippen molar-refractivity contribution < 1.29 is 14.3 Å². The van der Waals surface area contributed by atoms with Crippen molar-refractivity contribution in [2.24, 2.45) is 10.2 Å². The number of esters is 1. The molecule has 3 aromatic rings. The maximum Gasteiger partial charge on any atom is 0.311 e. The summed E-state index contributed by atoms with van der Waals surface area (Å²) in [6.07, 6.45) is 2.86. The number of ether oxygens (including phenoxy) is 2. The first-order chi connectivity index (χ1) is 15.1. The van der Waals surface area contributed by atoms with E-state index in [9.17, 15) is 4.79 Å². The zero-order chi connectivity index (χ0) is 21.9. The first-order valence-electron chi connectivity index (χ1n) is 10.1. The predicted molar refractivity (Wildman–Crippen MR) is 122 cm³/mol. The molecule has 0 aliphatic carbocycles. The fourth-order valence-electron chi connectivity index (χ4n) is 2.72. The van der Waals surface area contributed by atoms with Crippen LogP contribution in [0.25, 0.3) is 0 Å². The van der Waals surface area contributed by atoms with Crippen molar-refractivity contribution in [1.29, 1.82) is 0 Å². The van der Waals surface area contributed by atoms with Gasteiger partial charge < -0.3 is 20.9 Å². The molecule has 0 radical (unpaired) electrons. The van der Waals surface area contributed by atoms with Crippen LogP contribution in [0.4, 0.5) is 22.7 Å². The predicted octanol–water partition coefficient (Wildman–Crippen LogP) is 5.81. The molecular formula is C24H26N4O3. The van der Waals surface area contributed by atoms with Gasteiger partial charge in [-0.25, -0.2) is 0 Å². The van der Waals surface area contributed by atoms with Gasteiger partial charge in [0.1, 0.15) is 11.5 Å². The van der Waals surface area contributed by atoms with Crippen LogP contribution in [0.3, 0.4) is 0 Å². The Kier molecular flexibility index (Phi) is 7.99. The maximum atomic E-state index is 11.8. The van der Waals surface area contributed by atoms with Crippen molar-refractivity contribution in [2.45, 2.75) is 25.7 Å². The molecule has 4 N–H and O–H groups in total. The van der Waals surface area contributed by atoms with Crippen molar-refractivity contribution in [1.82, 2.24) is 0 Å². The molecule has 0 amide bonds. The molecule has 0 atom stereocenters. The summed E-state index contributed by atoms with van der Waals surface area (Å²) in [7, 11) is 0. The second-order valence-electron chi connectivity index (χ2n) is 6.99. The van der Waals surface area contributed by atoms with Gasteiger partial charge in [0.2, 0.25) is 0 Å². The Hall–Kier alpha value is -3.87. The highest BCUT2D eigenvalue weighted by atomic mass is 16.5. The fourth-order valence-corrected chi connectivity index (χ4v) is 2.72. The molecular weight excluding hydrogens is 392 g/mol. The summed E-state index contributed by atoms with van der Waals surface area (Å²) in [5, 5.41) is 8.37. The standard InChI is InChI=1S/C24H26N4O3/c25-18-5-9-20(10-6-18)27-28-21-11-15-22(16-12-21)30-17-3-1-2-4-24(29)31-23-13-7-19(26)8-14-23/h5-16H,1-4,17,25-26H2. The van der Waals surface area contributed by atoms with E-state index >= 15 is 0 Å². The van der Waals surface area contributed by atoms with Crippen molar-refractivity contribution >= 4 is 28.7 Å². The molecule has 0 unspecified atom stereocenters. The number of hydrogen-bond acceptors (Lipinski definition) is 7. The summed E-state index contributed by atoms with van der Waals surface area (Å²) in [5.74, 6) is 1.04. The van der Waals surface area contributed by atoms with Crippen LogP contribution in [0, 0.1) is 0 Å². The van der Waals surface area contributed by atoms with Crippen LogP contribution in [0.2, 0.25) is 0 Å². The largest absolute Gasteiger partial charge is 0.494 e. The van der Waals surface area contributed by atoms with Gasteiger partial charge in [-0.3, -0.25) is 4.79 Å². The lowest BCUT2D eigenvalue weighted by molar-refractivity contribution is -0.134. The second kappa shape index (κ2) is 11.3. The number of hydrogen-bond donors (Lipinski definition) is 2. The summed E-state index contributed by atoms with van der Waals surface area (Å²) >= 11 is 0. The third kappa shape index (κ3) is 7.81. The maximum absolute atomic E-state index is 11.8. The molecule has 0 fully saturated rings. The molecule has 160 valence electrons. The van der Waals surface area contributed by atoms with Crippen LogP contribution in [-0.2, 0) is 4.79 Å². The topological polar surface area (TPSA) is 112 Å². The molecule has 3 rings (SSSR count). The molecule has 0 saturated heterocycles. The molecule has 0 saturated carbocycles. The van der Waals surface area contributed by atoms with Gasteiger partial charge in [-0.15, -0.1) is 0 Å². The van der Waals surface area contributed by atoms with E-state index < -0.39 is 0 Å². The average molecular weight is 418 g/mol. The van der Waals surface area contributed by atoms with Crippen LogP contribution in [0.1, 0.15) is 25.7 Å². The highest BCUT2D eigenvalue weighted by Gasteiger charge is 2.04. The molecule has 0 aliphatic rings. The Bertz CT molecular complexity index is 985. The number of carbonyl (C=O) groups is 1. The van der Waals surface area contributed by atoms with Crippen molar-refractivity contribution in [2.75, 3.05) is 18.1 Å². The van der Waals surface area contributed by atoms with Gasteiger partial charge in [0.15, 0.2) is 0 Å². The van der Waals surface area contributed by atoms with E-state index in [1.54, 1.807) is 36.4 Å². The Labute approximate surface area is 181 Å². The Morgan fingerprint density at radius 3 is 1.81 bits per heavy atom. The number of benzene rings is 3. The highest BCUT2D eigenvalue weighted by Crippen LogP contribution is 2.22. The number of nitrogen functional groups attached to an aromatic ring is 2. The molecule has 0 aliphatic heterocycles. The number of carbonyl (C=O) groups excluding carboxylic acids is 1. The minimum atomic E-state index is -0.241. The quantitative estimate of drug-likeness (QED) is 0.142. The zero-order valence-electron chi connectivity index (χ0n) is 17.2. The minimum absolute atomic E-state index is 0.241. The summed E-state index contributed by atoms with van der Waals surface area (Å²) in [4.78, 5) is 11.8. The third-order valence-electron chi connectivity index (χ3n) is 4.42. The Balaban J connectivity index is 1.30. The normalized spacial score (nSPS) is 10.8. The van der Waals surface area contributed by atoms with E-state index in [4.69, 9.17) is 20.9 Å². The van der Waals surface area contributed by atoms with Crippen LogP contribution in [0.5, 0.6) is 11.5 Å². The SMILES string of the molecule is Nc1ccc(N=Nc2ccc(OCCCCCC(=O)Oc3ccc(N)cc3)cc2)cc1. The van der Waals surface area contributed by atoms with Crippen LogP contribution in [0.15, 0.2) is 83.0 Å². The lowest BCUT2D eigenvalue weighted by atomic mass is 10.2. The third-order valence-corrected chi connectivity index (χ3v) is 4.42. The molecule has 0 heterocycles. The van der Waals surface area contributed by atoms with Gasteiger partial charge in [0.05, 0.1) is 18.0 Å². The summed E-state index contributed by atoms with van der Waals surface area (Å²) in [5.41, 5.74) is 14.1. The van der Waals surface area contributed by atoms with E-state index in [-0.39, 0.29) is 5.97 Å². The number of nitrogens with two attached hydrogens (primary N) is 2. The second-order valence-corrected chi connectivity index (χ2v) is 6.99. The van der Waals surface area contributed by atoms with E-state index in [2.05, 4.69) is 10.2 Å². The van der Waals surface area contributed by atoms with Crippen molar-refractivity contribution in [3.05, 3.63) is 72.8 Å². The summed E-state index contributed by atoms with van der Waals surface area (Å²) in [6, 6.07) is 21.4. The number of azo groups is 1. The highest BCUT2D eigenvalue weighted by molar-refractivity contribution is 5.72. The number of unbranched alkanes of at least 4 members (excludes halogenated alkanes) is 2. The van der Waals surface area contributed by atoms with E-state index in [1.807, 2.05) is 36.4 Å². The molecule has 7 nitrogen and oxygen atoms in total. The lowest BCUT2D eigenvalue weighted by Crippen LogP contribution is -2.07. The van der Waals surface area contributed by atoms with E-state index in [1.165, 1.54) is 0 Å². The molecule has 3 aromatic carbocycles. The summed E-state index contributed by atoms with van der Waals surface area (Å²) in [6.45, 7) is 0.583. The van der Waals surface area contributed by atoms with Gasteiger partial charge in [0.25, 0.3) is 0 Å². The van der Waals surface area contributed by atoms with Gasteiger partial charge in [-0.1, -0.05) is 0 Å². The zero-order valence-corrected chi connectivity index (χ0v) is 17.2. The monoisotopic (exact) mass is 418 g/mol. The molecule has 0 spiro atoms. The molecule has 0 bridgehead atoms. The molecule has 31 heavy (non-hydrogen) atoms. The van der Waals surface area contributed by atoms with E-state index in [0.717, 1.165) is 36.4 Å². The first kappa shape index (κ1) is 21.8. The first-order valence-corrected chi connectivity index (χ1v) is 10.1. The van der Waals surface area contributed by atoms with Crippen LogP contribution >= 0.6 is 0 Å². The van der Waals surface area contributed by atoms with E-state index in [0.29, 0.717) is 30.2 Å². The van der Waals surface area contributed by atoms with Crippen LogP contribution in [-0.4, -0.2) is 12.6 Å². The van der Waals surface area contributed by atoms with Gasteiger partial charge in [-0.05, 0) is 92.1 Å². The Morgan fingerprint density at radius 2 is 1.19 bits per heavy atom. The summed E-state index contributed by atoms with van der Waals surface area (Å²) < 4.78 is 11.0. The number of rotatable bonds is 10. The van der Waals surface area contributed by atoms with Crippen LogP contribution < -0.4 is 20.9 Å². The molecule has 7 heteroatoms. The number of nitrogens with zero attached hydrogens (tertiary/aromatic N) is 2. The van der Waals surface area contributed by atoms with Gasteiger partial charge in [-0.2, -0.15) is 10.2 Å². The van der Waals surface area contributed by atoms with Gasteiger partial charge in [0, 0.05) is 17.8 Å². The number of anilines is 2. The smallest absolute Gasteiger partial charge is 0.311 e. The van der Waals surface area contributed by atoms with Crippen molar-refractivity contribution in [3.63, 3.8) is 0 Å². The average Bonchev–Trinajstić information content (AvgIpc) is 2.78. The fraction of sp³-hybridized carbons (Fsp3) is 0.208.